The number of nitrogens with one attached hydrogen (secondary N) is 1. The summed E-state index contributed by atoms with van der Waals surface area (Å²) in [6.07, 6.45) is 1.16. The van der Waals surface area contributed by atoms with Crippen molar-refractivity contribution in [2.75, 3.05) is 33.8 Å². The fourth-order valence-corrected chi connectivity index (χ4v) is 1.39. The number of hydrogen-bond donors (Lipinski definition) is 1. The molecule has 4 nitrogen and oxygen atoms in total. The number of carbonyl (C=O) groups is 1. The van der Waals surface area contributed by atoms with Gasteiger partial charge in [0.1, 0.15) is 0 Å². The smallest absolute Gasteiger partial charge is 0.309 e. The molecule has 1 N–H and O–H groups in total. The second-order valence-corrected chi connectivity index (χ2v) is 4.37. The quantitative estimate of drug-likeness (QED) is 0.501. The number of esters is 1. The summed E-state index contributed by atoms with van der Waals surface area (Å²) < 4.78 is 4.66. The zero-order valence-corrected chi connectivity index (χ0v) is 11.2. The van der Waals surface area contributed by atoms with Gasteiger partial charge in [-0.3, -0.25) is 4.79 Å². The standard InChI is InChI=1S/C12H26N2O2/c1-6-11(3)14(4)8-7-13-9-10(2)12(15)16-5/h10-11,13H,6-9H2,1-5H3. The van der Waals surface area contributed by atoms with Crippen LogP contribution >= 0.6 is 0 Å². The Morgan fingerprint density at radius 1 is 1.44 bits per heavy atom. The molecule has 0 aromatic carbocycles. The molecule has 0 aliphatic carbocycles. The maximum atomic E-state index is 11.1. The van der Waals surface area contributed by atoms with Crippen LogP contribution < -0.4 is 5.32 Å². The lowest BCUT2D eigenvalue weighted by molar-refractivity contribution is -0.144. The van der Waals surface area contributed by atoms with E-state index in [0.717, 1.165) is 19.5 Å². The van der Waals surface area contributed by atoms with Gasteiger partial charge < -0.3 is 15.0 Å². The van der Waals surface area contributed by atoms with Gasteiger partial charge in [0.2, 0.25) is 0 Å². The van der Waals surface area contributed by atoms with Crippen molar-refractivity contribution in [2.45, 2.75) is 33.2 Å². The molecule has 2 unspecified atom stereocenters. The Labute approximate surface area is 99.3 Å². The van der Waals surface area contributed by atoms with Crippen molar-refractivity contribution in [1.29, 1.82) is 0 Å². The molecule has 0 fully saturated rings. The highest BCUT2D eigenvalue weighted by Crippen LogP contribution is 1.99. The summed E-state index contributed by atoms with van der Waals surface area (Å²) in [5.74, 6) is -0.221. The summed E-state index contributed by atoms with van der Waals surface area (Å²) in [5.41, 5.74) is 0. The molecule has 0 spiro atoms. The van der Waals surface area contributed by atoms with E-state index in [4.69, 9.17) is 0 Å². The topological polar surface area (TPSA) is 41.6 Å². The fraction of sp³-hybridized carbons (Fsp3) is 0.917. The molecule has 2 atom stereocenters. The highest BCUT2D eigenvalue weighted by molar-refractivity contribution is 5.71. The molecule has 4 heteroatoms. The third kappa shape index (κ3) is 6.08. The maximum absolute atomic E-state index is 11.1. The highest BCUT2D eigenvalue weighted by Gasteiger charge is 2.12. The van der Waals surface area contributed by atoms with Crippen LogP contribution in [-0.2, 0) is 9.53 Å². The molecule has 0 heterocycles. The monoisotopic (exact) mass is 230 g/mol. The van der Waals surface area contributed by atoms with Crippen molar-refractivity contribution in [2.24, 2.45) is 5.92 Å². The lowest BCUT2D eigenvalue weighted by Gasteiger charge is -2.23. The second-order valence-electron chi connectivity index (χ2n) is 4.37. The predicted molar refractivity (Wildman–Crippen MR) is 66.4 cm³/mol. The Morgan fingerprint density at radius 3 is 2.56 bits per heavy atom. The van der Waals surface area contributed by atoms with E-state index in [2.05, 4.69) is 35.8 Å². The lowest BCUT2D eigenvalue weighted by Crippen LogP contribution is -2.37. The van der Waals surface area contributed by atoms with Gasteiger partial charge in [-0.05, 0) is 20.4 Å². The molecule has 0 aliphatic rings. The number of carbonyl (C=O) groups excluding carboxylic acids is 1. The van der Waals surface area contributed by atoms with Crippen molar-refractivity contribution in [3.63, 3.8) is 0 Å². The van der Waals surface area contributed by atoms with E-state index in [1.54, 1.807) is 0 Å². The fourth-order valence-electron chi connectivity index (χ4n) is 1.39. The van der Waals surface area contributed by atoms with E-state index in [1.165, 1.54) is 7.11 Å². The first kappa shape index (κ1) is 15.4. The summed E-state index contributed by atoms with van der Waals surface area (Å²) >= 11 is 0. The van der Waals surface area contributed by atoms with Crippen molar-refractivity contribution in [3.05, 3.63) is 0 Å². The molecule has 0 aromatic heterocycles. The summed E-state index contributed by atoms with van der Waals surface area (Å²) in [6.45, 7) is 8.87. The Morgan fingerprint density at radius 2 is 2.06 bits per heavy atom. The molecule has 0 aromatic rings. The minimum absolute atomic E-state index is 0.0705. The van der Waals surface area contributed by atoms with Gasteiger partial charge in [0.25, 0.3) is 0 Å². The van der Waals surface area contributed by atoms with Gasteiger partial charge in [-0.1, -0.05) is 13.8 Å². The summed E-state index contributed by atoms with van der Waals surface area (Å²) in [4.78, 5) is 13.4. The third-order valence-corrected chi connectivity index (χ3v) is 3.04. The van der Waals surface area contributed by atoms with E-state index in [9.17, 15) is 4.79 Å². The molecule has 0 radical (unpaired) electrons. The number of likely N-dealkylation sites (N-methyl/N-ethyl adjacent to an activating group) is 1. The molecule has 0 bridgehead atoms. The van der Waals surface area contributed by atoms with Crippen LogP contribution in [0.15, 0.2) is 0 Å². The van der Waals surface area contributed by atoms with Crippen molar-refractivity contribution in [1.82, 2.24) is 10.2 Å². The molecular formula is C12H26N2O2. The maximum Gasteiger partial charge on any atom is 0.309 e. The molecule has 0 rings (SSSR count). The van der Waals surface area contributed by atoms with Gasteiger partial charge in [0, 0.05) is 25.7 Å². The van der Waals surface area contributed by atoms with Crippen molar-refractivity contribution < 1.29 is 9.53 Å². The molecule has 16 heavy (non-hydrogen) atoms. The first-order chi connectivity index (χ1) is 7.52. The van der Waals surface area contributed by atoms with Gasteiger partial charge in [-0.15, -0.1) is 0 Å². The lowest BCUT2D eigenvalue weighted by atomic mass is 10.2. The Hall–Kier alpha value is -0.610. The van der Waals surface area contributed by atoms with E-state index >= 15 is 0 Å². The Balaban J connectivity index is 3.56. The number of rotatable bonds is 8. The van der Waals surface area contributed by atoms with Crippen molar-refractivity contribution in [3.8, 4) is 0 Å². The molecule has 0 amide bonds. The zero-order chi connectivity index (χ0) is 12.6. The first-order valence-corrected chi connectivity index (χ1v) is 6.01. The Bertz CT molecular complexity index is 197. The summed E-state index contributed by atoms with van der Waals surface area (Å²) in [7, 11) is 3.55. The van der Waals surface area contributed by atoms with Crippen LogP contribution in [0.4, 0.5) is 0 Å². The molecular weight excluding hydrogens is 204 g/mol. The molecule has 0 saturated carbocycles. The van der Waals surface area contributed by atoms with Crippen LogP contribution in [0.25, 0.3) is 0 Å². The summed E-state index contributed by atoms with van der Waals surface area (Å²) in [6, 6.07) is 0.611. The SMILES string of the molecule is CCC(C)N(C)CCNCC(C)C(=O)OC. The second kappa shape index (κ2) is 8.53. The Kier molecular flexibility index (Phi) is 8.21. The van der Waals surface area contributed by atoms with Gasteiger partial charge >= 0.3 is 5.97 Å². The van der Waals surface area contributed by atoms with E-state index in [0.29, 0.717) is 12.6 Å². The van der Waals surface area contributed by atoms with E-state index in [-0.39, 0.29) is 11.9 Å². The van der Waals surface area contributed by atoms with E-state index < -0.39 is 0 Å². The number of nitrogens with zero attached hydrogens (tertiary/aromatic N) is 1. The van der Waals surface area contributed by atoms with Crippen LogP contribution in [0.1, 0.15) is 27.2 Å². The van der Waals surface area contributed by atoms with Gasteiger partial charge in [-0.2, -0.15) is 0 Å². The number of methoxy groups -OCH3 is 1. The van der Waals surface area contributed by atoms with Gasteiger partial charge in [-0.25, -0.2) is 0 Å². The number of hydrogen-bond acceptors (Lipinski definition) is 4. The predicted octanol–water partition coefficient (Wildman–Crippen LogP) is 1.12. The highest BCUT2D eigenvalue weighted by atomic mass is 16.5. The zero-order valence-electron chi connectivity index (χ0n) is 11.2. The average molecular weight is 230 g/mol. The van der Waals surface area contributed by atoms with Crippen LogP contribution in [-0.4, -0.2) is 50.7 Å². The van der Waals surface area contributed by atoms with Crippen LogP contribution in [0.5, 0.6) is 0 Å². The minimum atomic E-state index is -0.150. The van der Waals surface area contributed by atoms with E-state index in [1.807, 2.05) is 6.92 Å². The minimum Gasteiger partial charge on any atom is -0.469 e. The number of ether oxygens (including phenoxy) is 1. The van der Waals surface area contributed by atoms with Crippen LogP contribution in [0, 0.1) is 5.92 Å². The summed E-state index contributed by atoms with van der Waals surface area (Å²) in [5, 5.41) is 3.27. The van der Waals surface area contributed by atoms with Crippen LogP contribution in [0.2, 0.25) is 0 Å². The van der Waals surface area contributed by atoms with Gasteiger partial charge in [0.15, 0.2) is 0 Å². The van der Waals surface area contributed by atoms with Crippen molar-refractivity contribution >= 4 is 5.97 Å². The third-order valence-electron chi connectivity index (χ3n) is 3.04. The molecule has 0 aliphatic heterocycles. The average Bonchev–Trinajstić information content (AvgIpc) is 2.31. The normalized spacial score (nSPS) is 14.9. The largest absolute Gasteiger partial charge is 0.469 e. The molecule has 0 saturated heterocycles. The van der Waals surface area contributed by atoms with Crippen LogP contribution in [0.3, 0.4) is 0 Å². The van der Waals surface area contributed by atoms with Gasteiger partial charge in [0.05, 0.1) is 13.0 Å². The molecule has 96 valence electrons. The first-order valence-electron chi connectivity index (χ1n) is 6.01.